The van der Waals surface area contributed by atoms with Crippen LogP contribution in [0.25, 0.3) is 11.4 Å². The van der Waals surface area contributed by atoms with E-state index < -0.39 is 0 Å². The van der Waals surface area contributed by atoms with Crippen molar-refractivity contribution in [2.24, 2.45) is 5.92 Å². The van der Waals surface area contributed by atoms with Crippen LogP contribution in [0.15, 0.2) is 60.7 Å². The van der Waals surface area contributed by atoms with Crippen LogP contribution in [0.2, 0.25) is 0 Å². The first-order chi connectivity index (χ1) is 13.7. The van der Waals surface area contributed by atoms with Gasteiger partial charge in [-0.15, -0.1) is 0 Å². The summed E-state index contributed by atoms with van der Waals surface area (Å²) >= 11 is 0. The molecule has 0 spiro atoms. The van der Waals surface area contributed by atoms with Gasteiger partial charge in [-0.2, -0.15) is 0 Å². The second-order valence-corrected chi connectivity index (χ2v) is 7.33. The van der Waals surface area contributed by atoms with E-state index in [4.69, 9.17) is 14.7 Å². The lowest BCUT2D eigenvalue weighted by molar-refractivity contribution is 0.415. The smallest absolute Gasteiger partial charge is 0.163 e. The summed E-state index contributed by atoms with van der Waals surface area (Å²) in [6, 6.07) is 20.1. The van der Waals surface area contributed by atoms with E-state index in [0.29, 0.717) is 0 Å². The molecule has 0 radical (unpaired) electrons. The average Bonchev–Trinajstić information content (AvgIpc) is 2.75. The summed E-state index contributed by atoms with van der Waals surface area (Å²) < 4.78 is 5.33. The third kappa shape index (κ3) is 4.25. The third-order valence-corrected chi connectivity index (χ3v) is 5.19. The van der Waals surface area contributed by atoms with Crippen molar-refractivity contribution in [1.82, 2.24) is 9.97 Å². The highest BCUT2D eigenvalue weighted by Gasteiger charge is 2.19. The largest absolute Gasteiger partial charge is 0.497 e. The lowest BCUT2D eigenvalue weighted by Gasteiger charge is -2.31. The fourth-order valence-electron chi connectivity index (χ4n) is 3.46. The van der Waals surface area contributed by atoms with E-state index in [2.05, 4.69) is 17.1 Å². The van der Waals surface area contributed by atoms with Crippen molar-refractivity contribution in [2.45, 2.75) is 19.8 Å². The Morgan fingerprint density at radius 2 is 1.75 bits per heavy atom. The van der Waals surface area contributed by atoms with Crippen molar-refractivity contribution < 1.29 is 4.74 Å². The third-order valence-electron chi connectivity index (χ3n) is 5.19. The lowest BCUT2D eigenvalue weighted by Crippen LogP contribution is -2.33. The SMILES string of the molecule is COc1cccc(Nc2cc(N3CCC(C)CC3)nc(-c3ccccc3)n2)c1. The Labute approximate surface area is 166 Å². The van der Waals surface area contributed by atoms with Gasteiger partial charge in [0, 0.05) is 36.5 Å². The van der Waals surface area contributed by atoms with E-state index in [1.165, 1.54) is 12.8 Å². The quantitative estimate of drug-likeness (QED) is 0.671. The molecule has 0 unspecified atom stereocenters. The predicted octanol–water partition coefficient (Wildman–Crippen LogP) is 5.13. The van der Waals surface area contributed by atoms with Crippen LogP contribution in [-0.2, 0) is 0 Å². The summed E-state index contributed by atoms with van der Waals surface area (Å²) in [6.07, 6.45) is 2.40. The molecule has 0 aliphatic carbocycles. The standard InChI is InChI=1S/C23H26N4O/c1-17-11-13-27(14-12-17)22-16-21(24-19-9-6-10-20(15-19)28-2)25-23(26-22)18-7-4-3-5-8-18/h3-10,15-17H,11-14H2,1-2H3,(H,24,25,26). The van der Waals surface area contributed by atoms with Gasteiger partial charge >= 0.3 is 0 Å². The van der Waals surface area contributed by atoms with Gasteiger partial charge in [-0.05, 0) is 30.9 Å². The van der Waals surface area contributed by atoms with Gasteiger partial charge in [-0.1, -0.05) is 43.3 Å². The molecule has 1 saturated heterocycles. The van der Waals surface area contributed by atoms with Crippen LogP contribution in [0.5, 0.6) is 5.75 Å². The van der Waals surface area contributed by atoms with Crippen LogP contribution in [0.4, 0.5) is 17.3 Å². The lowest BCUT2D eigenvalue weighted by atomic mass is 9.99. The van der Waals surface area contributed by atoms with Crippen molar-refractivity contribution in [2.75, 3.05) is 30.4 Å². The number of ether oxygens (including phenoxy) is 1. The number of nitrogens with zero attached hydrogens (tertiary/aromatic N) is 3. The maximum Gasteiger partial charge on any atom is 0.163 e. The van der Waals surface area contributed by atoms with Crippen molar-refractivity contribution in [3.63, 3.8) is 0 Å². The van der Waals surface area contributed by atoms with Gasteiger partial charge in [0.15, 0.2) is 5.82 Å². The molecule has 0 atom stereocenters. The number of hydrogen-bond donors (Lipinski definition) is 1. The first kappa shape index (κ1) is 18.3. The van der Waals surface area contributed by atoms with Crippen LogP contribution in [-0.4, -0.2) is 30.2 Å². The molecule has 4 rings (SSSR count). The first-order valence-corrected chi connectivity index (χ1v) is 9.82. The predicted molar refractivity (Wildman–Crippen MR) is 114 cm³/mol. The van der Waals surface area contributed by atoms with Gasteiger partial charge in [0.2, 0.25) is 0 Å². The molecule has 0 amide bonds. The fraction of sp³-hybridized carbons (Fsp3) is 0.304. The van der Waals surface area contributed by atoms with E-state index in [-0.39, 0.29) is 0 Å². The Hall–Kier alpha value is -3.08. The number of aromatic nitrogens is 2. The van der Waals surface area contributed by atoms with Gasteiger partial charge in [-0.25, -0.2) is 9.97 Å². The minimum atomic E-state index is 0.738. The van der Waals surface area contributed by atoms with E-state index >= 15 is 0 Å². The molecule has 1 fully saturated rings. The average molecular weight is 374 g/mol. The Balaban J connectivity index is 1.69. The number of nitrogens with one attached hydrogen (secondary N) is 1. The number of anilines is 3. The molecule has 144 valence electrons. The molecule has 1 N–H and O–H groups in total. The summed E-state index contributed by atoms with van der Waals surface area (Å²) in [4.78, 5) is 12.0. The Morgan fingerprint density at radius 3 is 2.50 bits per heavy atom. The van der Waals surface area contributed by atoms with Crippen LogP contribution in [0, 0.1) is 5.92 Å². The fourth-order valence-corrected chi connectivity index (χ4v) is 3.46. The molecule has 5 nitrogen and oxygen atoms in total. The molecule has 0 bridgehead atoms. The monoisotopic (exact) mass is 374 g/mol. The molecular formula is C23H26N4O. The highest BCUT2D eigenvalue weighted by molar-refractivity contribution is 5.66. The highest BCUT2D eigenvalue weighted by Crippen LogP contribution is 2.28. The molecule has 1 aromatic heterocycles. The molecular weight excluding hydrogens is 348 g/mol. The number of benzene rings is 2. The highest BCUT2D eigenvalue weighted by atomic mass is 16.5. The van der Waals surface area contributed by atoms with E-state index in [0.717, 1.165) is 53.5 Å². The van der Waals surface area contributed by atoms with Crippen LogP contribution in [0.1, 0.15) is 19.8 Å². The maximum absolute atomic E-state index is 5.33. The van der Waals surface area contributed by atoms with Gasteiger partial charge in [0.25, 0.3) is 0 Å². The second-order valence-electron chi connectivity index (χ2n) is 7.33. The number of hydrogen-bond acceptors (Lipinski definition) is 5. The molecule has 3 aromatic rings. The van der Waals surface area contributed by atoms with Crippen molar-refractivity contribution in [3.8, 4) is 17.1 Å². The molecule has 28 heavy (non-hydrogen) atoms. The van der Waals surface area contributed by atoms with Gasteiger partial charge < -0.3 is 15.0 Å². The Kier molecular flexibility index (Phi) is 5.42. The van der Waals surface area contributed by atoms with Gasteiger partial charge in [-0.3, -0.25) is 0 Å². The zero-order valence-corrected chi connectivity index (χ0v) is 16.4. The van der Waals surface area contributed by atoms with Crippen molar-refractivity contribution in [3.05, 3.63) is 60.7 Å². The number of methoxy groups -OCH3 is 1. The minimum Gasteiger partial charge on any atom is -0.497 e. The number of piperidine rings is 1. The molecule has 0 saturated carbocycles. The van der Waals surface area contributed by atoms with Gasteiger partial charge in [0.1, 0.15) is 17.4 Å². The molecule has 1 aliphatic heterocycles. The summed E-state index contributed by atoms with van der Waals surface area (Å²) in [5, 5.41) is 3.42. The Morgan fingerprint density at radius 1 is 0.964 bits per heavy atom. The van der Waals surface area contributed by atoms with E-state index in [9.17, 15) is 0 Å². The van der Waals surface area contributed by atoms with Crippen LogP contribution < -0.4 is 15.0 Å². The first-order valence-electron chi connectivity index (χ1n) is 9.82. The molecule has 2 aromatic carbocycles. The molecule has 1 aliphatic rings. The minimum absolute atomic E-state index is 0.738. The van der Waals surface area contributed by atoms with Crippen LogP contribution >= 0.6 is 0 Å². The topological polar surface area (TPSA) is 50.3 Å². The summed E-state index contributed by atoms with van der Waals surface area (Å²) in [5.74, 6) is 4.10. The summed E-state index contributed by atoms with van der Waals surface area (Å²) in [5.41, 5.74) is 1.96. The summed E-state index contributed by atoms with van der Waals surface area (Å²) in [6.45, 7) is 4.39. The van der Waals surface area contributed by atoms with Crippen molar-refractivity contribution >= 4 is 17.3 Å². The Bertz CT molecular complexity index is 921. The maximum atomic E-state index is 5.33. The van der Waals surface area contributed by atoms with Crippen molar-refractivity contribution in [1.29, 1.82) is 0 Å². The second kappa shape index (κ2) is 8.30. The normalized spacial score (nSPS) is 14.7. The van der Waals surface area contributed by atoms with E-state index in [1.54, 1.807) is 7.11 Å². The molecule has 5 heteroatoms. The zero-order valence-electron chi connectivity index (χ0n) is 16.4. The summed E-state index contributed by atoms with van der Waals surface area (Å²) in [7, 11) is 1.67. The van der Waals surface area contributed by atoms with E-state index in [1.807, 2.05) is 60.7 Å². The molecule has 2 heterocycles. The van der Waals surface area contributed by atoms with Crippen LogP contribution in [0.3, 0.4) is 0 Å². The zero-order chi connectivity index (χ0) is 19.3. The number of rotatable bonds is 5. The van der Waals surface area contributed by atoms with Gasteiger partial charge in [0.05, 0.1) is 7.11 Å².